The largest absolute Gasteiger partial charge is 0.482 e. The first-order valence-electron chi connectivity index (χ1n) is 7.26. The summed E-state index contributed by atoms with van der Waals surface area (Å²) in [5.41, 5.74) is 0. The molecule has 8 nitrogen and oxygen atoms in total. The molecule has 26 heavy (non-hydrogen) atoms. The quantitative estimate of drug-likeness (QED) is 0.578. The Labute approximate surface area is 162 Å². The van der Waals surface area contributed by atoms with Gasteiger partial charge >= 0.3 is 0 Å². The molecule has 0 saturated carbocycles. The number of amides is 1. The molecule has 11 heteroatoms. The number of carbonyl (C=O) groups is 1. The summed E-state index contributed by atoms with van der Waals surface area (Å²) in [4.78, 5) is 11.8. The summed E-state index contributed by atoms with van der Waals surface area (Å²) < 4.78 is 15.8. The van der Waals surface area contributed by atoms with Crippen molar-refractivity contribution in [3.63, 3.8) is 0 Å². The Hall–Kier alpha value is -2.23. The summed E-state index contributed by atoms with van der Waals surface area (Å²) in [7, 11) is 0. The monoisotopic (exact) mass is 414 g/mol. The minimum atomic E-state index is -0.271. The molecule has 0 unspecified atom stereocenters. The lowest BCUT2D eigenvalue weighted by Gasteiger charge is -2.05. The maximum Gasteiger partial charge on any atom is 0.277 e. The normalized spacial score (nSPS) is 10.7. The van der Waals surface area contributed by atoms with Crippen LogP contribution in [0.15, 0.2) is 38.4 Å². The Morgan fingerprint density at radius 2 is 2.15 bits per heavy atom. The van der Waals surface area contributed by atoms with Crippen molar-refractivity contribution in [3.8, 4) is 5.75 Å². The summed E-state index contributed by atoms with van der Waals surface area (Å²) >= 11 is 12.9. The molecule has 3 rings (SSSR count). The lowest BCUT2D eigenvalue weighted by molar-refractivity contribution is -0.113. The van der Waals surface area contributed by atoms with Crippen molar-refractivity contribution in [2.24, 2.45) is 0 Å². The Morgan fingerprint density at radius 3 is 2.88 bits per heavy atom. The number of anilines is 1. The number of hydrogen-bond acceptors (Lipinski definition) is 8. The molecular weight excluding hydrogens is 403 g/mol. The molecule has 0 spiro atoms. The molecule has 2 heterocycles. The zero-order valence-electron chi connectivity index (χ0n) is 13.4. The van der Waals surface area contributed by atoms with E-state index in [0.717, 1.165) is 11.8 Å². The number of aryl methyl sites for hydroxylation is 1. The fraction of sp³-hybridized carbons (Fsp3) is 0.200. The number of ether oxygens (including phenoxy) is 1. The number of nitrogens with one attached hydrogen (secondary N) is 1. The molecule has 0 aliphatic heterocycles. The van der Waals surface area contributed by atoms with Crippen molar-refractivity contribution >= 4 is 46.7 Å². The number of carbonyl (C=O) groups excluding carboxylic acids is 1. The van der Waals surface area contributed by atoms with Crippen LogP contribution in [-0.4, -0.2) is 27.0 Å². The van der Waals surface area contributed by atoms with Crippen molar-refractivity contribution in [3.05, 3.63) is 46.0 Å². The van der Waals surface area contributed by atoms with Gasteiger partial charge in [-0.2, -0.15) is 0 Å². The Bertz CT molecular complexity index is 915. The van der Waals surface area contributed by atoms with E-state index in [4.69, 9.17) is 36.9 Å². The van der Waals surface area contributed by atoms with Crippen LogP contribution in [0.4, 0.5) is 5.82 Å². The Morgan fingerprint density at radius 1 is 1.31 bits per heavy atom. The minimum Gasteiger partial charge on any atom is -0.482 e. The molecule has 0 fully saturated rings. The second kappa shape index (κ2) is 8.43. The molecular formula is C15H12Cl2N4O4S. The summed E-state index contributed by atoms with van der Waals surface area (Å²) in [6.45, 7) is 1.77. The van der Waals surface area contributed by atoms with E-state index >= 15 is 0 Å². The first kappa shape index (κ1) is 18.6. The predicted octanol–water partition coefficient (Wildman–Crippen LogP) is 3.98. The SMILES string of the molecule is Cc1cc(NC(=O)CSc2nnc(COc3ccc(Cl)cc3Cl)o2)no1. The van der Waals surface area contributed by atoms with Gasteiger partial charge in [-0.25, -0.2) is 0 Å². The van der Waals surface area contributed by atoms with Crippen LogP contribution in [0.2, 0.25) is 10.0 Å². The molecule has 1 amide bonds. The van der Waals surface area contributed by atoms with Gasteiger partial charge in [-0.05, 0) is 25.1 Å². The second-order valence-corrected chi connectivity index (χ2v) is 6.76. The van der Waals surface area contributed by atoms with E-state index in [1.807, 2.05) is 0 Å². The molecule has 0 saturated heterocycles. The van der Waals surface area contributed by atoms with Crippen LogP contribution < -0.4 is 10.1 Å². The Balaban J connectivity index is 1.47. The van der Waals surface area contributed by atoms with Crippen molar-refractivity contribution in [2.45, 2.75) is 18.8 Å². The molecule has 1 aromatic carbocycles. The van der Waals surface area contributed by atoms with E-state index in [0.29, 0.717) is 27.4 Å². The highest BCUT2D eigenvalue weighted by atomic mass is 35.5. The van der Waals surface area contributed by atoms with Gasteiger partial charge in [0, 0.05) is 11.1 Å². The summed E-state index contributed by atoms with van der Waals surface area (Å²) in [6.07, 6.45) is 0. The summed E-state index contributed by atoms with van der Waals surface area (Å²) in [6, 6.07) is 6.49. The maximum absolute atomic E-state index is 11.8. The van der Waals surface area contributed by atoms with E-state index in [-0.39, 0.29) is 29.4 Å². The fourth-order valence-corrected chi connectivity index (χ4v) is 2.86. The van der Waals surface area contributed by atoms with Gasteiger partial charge in [0.2, 0.25) is 5.91 Å². The van der Waals surface area contributed by atoms with Crippen LogP contribution in [0, 0.1) is 6.92 Å². The van der Waals surface area contributed by atoms with E-state index in [1.165, 1.54) is 0 Å². The average Bonchev–Trinajstić information content (AvgIpc) is 3.21. The number of hydrogen-bond donors (Lipinski definition) is 1. The number of nitrogens with zero attached hydrogens (tertiary/aromatic N) is 3. The number of benzene rings is 1. The minimum absolute atomic E-state index is 0.0410. The molecule has 0 aliphatic rings. The molecule has 136 valence electrons. The molecule has 1 N–H and O–H groups in total. The molecule has 0 bridgehead atoms. The highest BCUT2D eigenvalue weighted by Gasteiger charge is 2.12. The third-order valence-corrected chi connectivity index (χ3v) is 4.26. The zero-order chi connectivity index (χ0) is 18.5. The van der Waals surface area contributed by atoms with E-state index < -0.39 is 0 Å². The van der Waals surface area contributed by atoms with Gasteiger partial charge in [-0.1, -0.05) is 40.1 Å². The van der Waals surface area contributed by atoms with Crippen LogP contribution in [0.5, 0.6) is 5.75 Å². The fourth-order valence-electron chi connectivity index (χ4n) is 1.82. The van der Waals surface area contributed by atoms with Crippen molar-refractivity contribution in [1.82, 2.24) is 15.4 Å². The molecule has 0 atom stereocenters. The van der Waals surface area contributed by atoms with E-state index in [1.54, 1.807) is 31.2 Å². The van der Waals surface area contributed by atoms with Crippen LogP contribution >= 0.6 is 35.0 Å². The van der Waals surface area contributed by atoms with Gasteiger partial charge in [-0.3, -0.25) is 4.79 Å². The number of aromatic nitrogens is 3. The lowest BCUT2D eigenvalue weighted by atomic mass is 10.3. The van der Waals surface area contributed by atoms with E-state index in [9.17, 15) is 4.79 Å². The predicted molar refractivity (Wildman–Crippen MR) is 95.7 cm³/mol. The van der Waals surface area contributed by atoms with Crippen LogP contribution in [-0.2, 0) is 11.4 Å². The number of halogens is 2. The van der Waals surface area contributed by atoms with Crippen molar-refractivity contribution < 1.29 is 18.5 Å². The maximum atomic E-state index is 11.8. The number of rotatable bonds is 7. The molecule has 0 aliphatic carbocycles. The summed E-state index contributed by atoms with van der Waals surface area (Å²) in [5, 5.41) is 15.1. The molecule has 3 aromatic rings. The van der Waals surface area contributed by atoms with Gasteiger partial charge in [0.05, 0.1) is 10.8 Å². The second-order valence-electron chi connectivity index (χ2n) is 4.98. The standard InChI is InChI=1S/C15H12Cl2N4O4S/c1-8-4-12(21-25-8)18-13(22)7-26-15-20-19-14(24-15)6-23-11-3-2-9(16)5-10(11)17/h2-5H,6-7H2,1H3,(H,18,21,22). The first-order valence-corrected chi connectivity index (χ1v) is 9.00. The zero-order valence-corrected chi connectivity index (χ0v) is 15.7. The lowest BCUT2D eigenvalue weighted by Crippen LogP contribution is -2.14. The van der Waals surface area contributed by atoms with Crippen molar-refractivity contribution in [1.29, 1.82) is 0 Å². The third-order valence-electron chi connectivity index (χ3n) is 2.92. The van der Waals surface area contributed by atoms with Crippen molar-refractivity contribution in [2.75, 3.05) is 11.1 Å². The van der Waals surface area contributed by atoms with Crippen LogP contribution in [0.1, 0.15) is 11.7 Å². The molecule has 0 radical (unpaired) electrons. The van der Waals surface area contributed by atoms with Crippen LogP contribution in [0.25, 0.3) is 0 Å². The Kier molecular flexibility index (Phi) is 6.02. The van der Waals surface area contributed by atoms with Gasteiger partial charge in [-0.15, -0.1) is 10.2 Å². The highest BCUT2D eigenvalue weighted by Crippen LogP contribution is 2.28. The highest BCUT2D eigenvalue weighted by molar-refractivity contribution is 7.99. The molecule has 2 aromatic heterocycles. The van der Waals surface area contributed by atoms with E-state index in [2.05, 4.69) is 20.7 Å². The summed E-state index contributed by atoms with van der Waals surface area (Å²) in [5.74, 6) is 1.48. The van der Waals surface area contributed by atoms with Gasteiger partial charge in [0.25, 0.3) is 11.1 Å². The van der Waals surface area contributed by atoms with Gasteiger partial charge < -0.3 is 19.0 Å². The first-order chi connectivity index (χ1) is 12.5. The van der Waals surface area contributed by atoms with Gasteiger partial charge in [0.1, 0.15) is 11.5 Å². The van der Waals surface area contributed by atoms with Gasteiger partial charge in [0.15, 0.2) is 12.4 Å². The average molecular weight is 415 g/mol. The number of thioether (sulfide) groups is 1. The van der Waals surface area contributed by atoms with Crippen LogP contribution in [0.3, 0.4) is 0 Å². The third kappa shape index (κ3) is 5.13. The smallest absolute Gasteiger partial charge is 0.277 e. The topological polar surface area (TPSA) is 103 Å².